The Balaban J connectivity index is 2.28. The third kappa shape index (κ3) is 4.09. The second-order valence-electron chi connectivity index (χ2n) is 4.87. The molecule has 1 atom stereocenters. The van der Waals surface area contributed by atoms with Gasteiger partial charge in [-0.25, -0.2) is 0 Å². The molecule has 1 rings (SSSR count). The van der Waals surface area contributed by atoms with E-state index < -0.39 is 0 Å². The molecule has 0 aliphatic carbocycles. The Bertz CT molecular complexity index is 162. The van der Waals surface area contributed by atoms with Crippen LogP contribution in [0.5, 0.6) is 0 Å². The molecule has 1 fully saturated rings. The molecule has 90 valence electrons. The Kier molecular flexibility index (Phi) is 5.58. The predicted octanol–water partition coefficient (Wildman–Crippen LogP) is 0.868. The van der Waals surface area contributed by atoms with Crippen LogP contribution in [-0.4, -0.2) is 62.2 Å². The average Bonchev–Trinajstić information content (AvgIpc) is 2.26. The highest BCUT2D eigenvalue weighted by Crippen LogP contribution is 2.07. The van der Waals surface area contributed by atoms with Gasteiger partial charge in [0.2, 0.25) is 0 Å². The van der Waals surface area contributed by atoms with Crippen LogP contribution in [0.15, 0.2) is 0 Å². The summed E-state index contributed by atoms with van der Waals surface area (Å²) >= 11 is 0. The SMILES string of the molecule is CCN1CCN(CC(NC)C(C)C)CC1. The van der Waals surface area contributed by atoms with Crippen molar-refractivity contribution in [1.82, 2.24) is 15.1 Å². The van der Waals surface area contributed by atoms with Crippen LogP contribution in [0.25, 0.3) is 0 Å². The van der Waals surface area contributed by atoms with Crippen molar-refractivity contribution in [2.75, 3.05) is 46.3 Å². The first kappa shape index (κ1) is 12.9. The van der Waals surface area contributed by atoms with Gasteiger partial charge in [-0.05, 0) is 19.5 Å². The average molecular weight is 213 g/mol. The van der Waals surface area contributed by atoms with E-state index in [2.05, 4.69) is 42.9 Å². The van der Waals surface area contributed by atoms with Gasteiger partial charge in [-0.2, -0.15) is 0 Å². The van der Waals surface area contributed by atoms with Gasteiger partial charge in [0.15, 0.2) is 0 Å². The van der Waals surface area contributed by atoms with Crippen molar-refractivity contribution >= 4 is 0 Å². The van der Waals surface area contributed by atoms with Crippen LogP contribution in [-0.2, 0) is 0 Å². The molecule has 3 nitrogen and oxygen atoms in total. The van der Waals surface area contributed by atoms with Gasteiger partial charge in [-0.3, -0.25) is 4.90 Å². The van der Waals surface area contributed by atoms with E-state index in [1.165, 1.54) is 39.3 Å². The molecule has 0 aromatic carbocycles. The first-order valence-electron chi connectivity index (χ1n) is 6.29. The largest absolute Gasteiger partial charge is 0.315 e. The maximum absolute atomic E-state index is 3.42. The van der Waals surface area contributed by atoms with Gasteiger partial charge in [-0.15, -0.1) is 0 Å². The van der Waals surface area contributed by atoms with Crippen LogP contribution in [0.4, 0.5) is 0 Å². The summed E-state index contributed by atoms with van der Waals surface area (Å²) in [6, 6.07) is 0.637. The molecule has 15 heavy (non-hydrogen) atoms. The first-order chi connectivity index (χ1) is 7.17. The summed E-state index contributed by atoms with van der Waals surface area (Å²) in [5.41, 5.74) is 0. The molecule has 1 aliphatic rings. The highest BCUT2D eigenvalue weighted by atomic mass is 15.3. The Morgan fingerprint density at radius 2 is 1.60 bits per heavy atom. The van der Waals surface area contributed by atoms with Gasteiger partial charge in [0, 0.05) is 38.8 Å². The summed E-state index contributed by atoms with van der Waals surface area (Å²) < 4.78 is 0. The molecule has 0 aromatic rings. The number of hydrogen-bond acceptors (Lipinski definition) is 3. The van der Waals surface area contributed by atoms with E-state index in [0.717, 1.165) is 5.92 Å². The summed E-state index contributed by atoms with van der Waals surface area (Å²) in [5, 5.41) is 3.42. The highest BCUT2D eigenvalue weighted by Gasteiger charge is 2.19. The third-order valence-corrected chi connectivity index (χ3v) is 3.54. The second kappa shape index (κ2) is 6.46. The molecule has 0 amide bonds. The lowest BCUT2D eigenvalue weighted by Gasteiger charge is -2.36. The fraction of sp³-hybridized carbons (Fsp3) is 1.00. The zero-order valence-electron chi connectivity index (χ0n) is 10.8. The number of nitrogens with one attached hydrogen (secondary N) is 1. The Morgan fingerprint density at radius 3 is 2.00 bits per heavy atom. The first-order valence-corrected chi connectivity index (χ1v) is 6.29. The molecule has 3 heteroatoms. The Labute approximate surface area is 94.8 Å². The summed E-state index contributed by atoms with van der Waals surface area (Å²) in [7, 11) is 2.08. The molecule has 1 saturated heterocycles. The molecule has 0 radical (unpaired) electrons. The van der Waals surface area contributed by atoms with E-state index in [1.54, 1.807) is 0 Å². The molecular weight excluding hydrogens is 186 g/mol. The lowest BCUT2D eigenvalue weighted by molar-refractivity contribution is 0.121. The number of likely N-dealkylation sites (N-methyl/N-ethyl adjacent to an activating group) is 2. The van der Waals surface area contributed by atoms with Crippen molar-refractivity contribution in [3.63, 3.8) is 0 Å². The zero-order valence-corrected chi connectivity index (χ0v) is 10.8. The van der Waals surface area contributed by atoms with Crippen LogP contribution in [0, 0.1) is 5.92 Å². The topological polar surface area (TPSA) is 18.5 Å². The molecule has 1 aliphatic heterocycles. The summed E-state index contributed by atoms with van der Waals surface area (Å²) in [5.74, 6) is 0.721. The van der Waals surface area contributed by atoms with Gasteiger partial charge in [-0.1, -0.05) is 20.8 Å². The fourth-order valence-corrected chi connectivity index (χ4v) is 2.20. The maximum Gasteiger partial charge on any atom is 0.0214 e. The smallest absolute Gasteiger partial charge is 0.0214 e. The summed E-state index contributed by atoms with van der Waals surface area (Å²) in [6.45, 7) is 14.2. The molecule has 1 heterocycles. The molecule has 0 saturated carbocycles. The van der Waals surface area contributed by atoms with Gasteiger partial charge in [0.25, 0.3) is 0 Å². The maximum atomic E-state index is 3.42. The number of hydrogen-bond donors (Lipinski definition) is 1. The van der Waals surface area contributed by atoms with Gasteiger partial charge < -0.3 is 10.2 Å². The number of piperazine rings is 1. The second-order valence-corrected chi connectivity index (χ2v) is 4.87. The Hall–Kier alpha value is -0.120. The molecule has 0 spiro atoms. The predicted molar refractivity (Wildman–Crippen MR) is 66.2 cm³/mol. The van der Waals surface area contributed by atoms with Gasteiger partial charge in [0.1, 0.15) is 0 Å². The van der Waals surface area contributed by atoms with Crippen LogP contribution < -0.4 is 5.32 Å². The minimum atomic E-state index is 0.637. The van der Waals surface area contributed by atoms with Crippen LogP contribution in [0.1, 0.15) is 20.8 Å². The number of nitrogens with zero attached hydrogens (tertiary/aromatic N) is 2. The molecule has 0 aromatic heterocycles. The summed E-state index contributed by atoms with van der Waals surface area (Å²) in [4.78, 5) is 5.12. The normalized spacial score (nSPS) is 22.2. The van der Waals surface area contributed by atoms with Crippen molar-refractivity contribution in [3.8, 4) is 0 Å². The van der Waals surface area contributed by atoms with E-state index in [0.29, 0.717) is 6.04 Å². The van der Waals surface area contributed by atoms with E-state index in [1.807, 2.05) is 0 Å². The summed E-state index contributed by atoms with van der Waals surface area (Å²) in [6.07, 6.45) is 0. The van der Waals surface area contributed by atoms with Gasteiger partial charge in [0.05, 0.1) is 0 Å². The minimum Gasteiger partial charge on any atom is -0.315 e. The van der Waals surface area contributed by atoms with E-state index in [4.69, 9.17) is 0 Å². The highest BCUT2D eigenvalue weighted by molar-refractivity contribution is 4.77. The van der Waals surface area contributed by atoms with Crippen molar-refractivity contribution in [2.24, 2.45) is 5.92 Å². The van der Waals surface area contributed by atoms with E-state index >= 15 is 0 Å². The zero-order chi connectivity index (χ0) is 11.3. The standard InChI is InChI=1S/C12H27N3/c1-5-14-6-8-15(9-7-14)10-12(13-4)11(2)3/h11-13H,5-10H2,1-4H3. The van der Waals surface area contributed by atoms with Crippen LogP contribution >= 0.6 is 0 Å². The molecule has 0 bridgehead atoms. The van der Waals surface area contributed by atoms with Crippen molar-refractivity contribution < 1.29 is 0 Å². The number of rotatable bonds is 5. The van der Waals surface area contributed by atoms with E-state index in [-0.39, 0.29) is 0 Å². The van der Waals surface area contributed by atoms with Crippen molar-refractivity contribution in [3.05, 3.63) is 0 Å². The third-order valence-electron chi connectivity index (χ3n) is 3.54. The van der Waals surface area contributed by atoms with Crippen LogP contribution in [0.2, 0.25) is 0 Å². The lowest BCUT2D eigenvalue weighted by atomic mass is 10.0. The minimum absolute atomic E-state index is 0.637. The molecule has 1 N–H and O–H groups in total. The molecular formula is C12H27N3. The van der Waals surface area contributed by atoms with Crippen molar-refractivity contribution in [1.29, 1.82) is 0 Å². The fourth-order valence-electron chi connectivity index (χ4n) is 2.20. The Morgan fingerprint density at radius 1 is 1.07 bits per heavy atom. The van der Waals surface area contributed by atoms with Gasteiger partial charge >= 0.3 is 0 Å². The van der Waals surface area contributed by atoms with E-state index in [9.17, 15) is 0 Å². The lowest BCUT2D eigenvalue weighted by Crippen LogP contribution is -2.51. The van der Waals surface area contributed by atoms with Crippen molar-refractivity contribution in [2.45, 2.75) is 26.8 Å². The quantitative estimate of drug-likeness (QED) is 0.731. The monoisotopic (exact) mass is 213 g/mol. The van der Waals surface area contributed by atoms with Crippen LogP contribution in [0.3, 0.4) is 0 Å². The molecule has 1 unspecified atom stereocenters.